The molecule has 0 aliphatic carbocycles. The zero-order chi connectivity index (χ0) is 20.6. The monoisotopic (exact) mass is 432 g/mol. The minimum absolute atomic E-state index is 0.263. The van der Waals surface area contributed by atoms with Crippen molar-refractivity contribution in [2.45, 2.75) is 31.2 Å². The molecule has 0 saturated carbocycles. The maximum atomic E-state index is 14.0. The third kappa shape index (κ3) is 3.80. The van der Waals surface area contributed by atoms with E-state index in [1.165, 1.54) is 21.7 Å². The van der Waals surface area contributed by atoms with Crippen molar-refractivity contribution in [2.24, 2.45) is 0 Å². The summed E-state index contributed by atoms with van der Waals surface area (Å²) in [6.45, 7) is 3.14. The van der Waals surface area contributed by atoms with Crippen molar-refractivity contribution in [3.05, 3.63) is 64.3 Å². The number of thiophene rings is 1. The summed E-state index contributed by atoms with van der Waals surface area (Å²) in [7, 11) is -3.44. The Bertz CT molecular complexity index is 1160. The van der Waals surface area contributed by atoms with Crippen molar-refractivity contribution in [3.8, 4) is 0 Å². The number of hydrogen-bond acceptors (Lipinski definition) is 4. The number of carbonyl (C=O) groups is 1. The Labute approximate surface area is 173 Å². The molecular weight excluding hydrogens is 411 g/mol. The summed E-state index contributed by atoms with van der Waals surface area (Å²) in [5.41, 5.74) is 1.43. The summed E-state index contributed by atoms with van der Waals surface area (Å²) < 4.78 is 41.4. The smallest absolute Gasteiger partial charge is 0.261 e. The van der Waals surface area contributed by atoms with E-state index in [9.17, 15) is 17.6 Å². The molecule has 0 atom stereocenters. The maximum Gasteiger partial charge on any atom is 0.261 e. The van der Waals surface area contributed by atoms with Gasteiger partial charge in [0.15, 0.2) is 0 Å². The van der Waals surface area contributed by atoms with Crippen LogP contribution in [0.25, 0.3) is 10.1 Å². The fourth-order valence-electron chi connectivity index (χ4n) is 3.59. The van der Waals surface area contributed by atoms with Crippen LogP contribution >= 0.6 is 11.3 Å². The van der Waals surface area contributed by atoms with Gasteiger partial charge in [-0.2, -0.15) is 4.31 Å². The van der Waals surface area contributed by atoms with Gasteiger partial charge in [0.2, 0.25) is 10.0 Å². The minimum atomic E-state index is -3.44. The number of benzene rings is 2. The highest BCUT2D eigenvalue weighted by atomic mass is 32.2. The predicted octanol–water partition coefficient (Wildman–Crippen LogP) is 4.06. The minimum Gasteiger partial charge on any atom is -0.347 e. The Morgan fingerprint density at radius 3 is 2.48 bits per heavy atom. The van der Waals surface area contributed by atoms with Crippen LogP contribution in [0.5, 0.6) is 0 Å². The molecule has 1 fully saturated rings. The molecule has 1 aromatic heterocycles. The second-order valence-corrected chi connectivity index (χ2v) is 10.1. The molecule has 1 N–H and O–H groups in total. The first kappa shape index (κ1) is 20.0. The van der Waals surface area contributed by atoms with Crippen LogP contribution in [-0.2, 0) is 16.6 Å². The average Bonchev–Trinajstić information content (AvgIpc) is 3.36. The number of hydrogen-bond donors (Lipinski definition) is 1. The number of sulfonamides is 1. The van der Waals surface area contributed by atoms with Crippen LogP contribution in [0, 0.1) is 12.7 Å². The summed E-state index contributed by atoms with van der Waals surface area (Å²) in [6, 6.07) is 11.4. The Kier molecular flexibility index (Phi) is 5.42. The fraction of sp³-hybridized carbons (Fsp3) is 0.286. The van der Waals surface area contributed by atoms with E-state index in [2.05, 4.69) is 5.32 Å². The Balaban J connectivity index is 1.46. The van der Waals surface area contributed by atoms with E-state index in [4.69, 9.17) is 0 Å². The van der Waals surface area contributed by atoms with Gasteiger partial charge in [-0.05, 0) is 55.2 Å². The molecule has 1 saturated heterocycles. The molecule has 29 heavy (non-hydrogen) atoms. The first-order chi connectivity index (χ1) is 13.9. The molecule has 0 spiro atoms. The van der Waals surface area contributed by atoms with Gasteiger partial charge in [0.1, 0.15) is 5.82 Å². The van der Waals surface area contributed by atoms with Crippen molar-refractivity contribution in [1.29, 1.82) is 0 Å². The molecule has 2 aromatic carbocycles. The molecule has 0 radical (unpaired) electrons. The molecule has 5 nitrogen and oxygen atoms in total. The fourth-order valence-corrected chi connectivity index (χ4v) is 6.25. The van der Waals surface area contributed by atoms with Crippen LogP contribution in [-0.4, -0.2) is 31.7 Å². The van der Waals surface area contributed by atoms with Crippen LogP contribution in [0.3, 0.4) is 0 Å². The van der Waals surface area contributed by atoms with Gasteiger partial charge in [0, 0.05) is 29.7 Å². The van der Waals surface area contributed by atoms with Gasteiger partial charge < -0.3 is 5.32 Å². The number of rotatable bonds is 5. The average molecular weight is 433 g/mol. The van der Waals surface area contributed by atoms with E-state index in [1.54, 1.807) is 43.3 Å². The first-order valence-electron chi connectivity index (χ1n) is 9.43. The molecule has 1 aliphatic heterocycles. The molecule has 152 valence electrons. The van der Waals surface area contributed by atoms with Gasteiger partial charge in [0.25, 0.3) is 5.91 Å². The van der Waals surface area contributed by atoms with Gasteiger partial charge in [-0.1, -0.05) is 18.2 Å². The number of amides is 1. The van der Waals surface area contributed by atoms with E-state index < -0.39 is 10.0 Å². The van der Waals surface area contributed by atoms with Crippen molar-refractivity contribution < 1.29 is 17.6 Å². The normalized spacial score (nSPS) is 15.1. The SMILES string of the molecule is Cc1c(C(=O)NCc2ccc(S(=O)(=O)N3CCCC3)cc2)sc2cccc(F)c12. The number of nitrogens with zero attached hydrogens (tertiary/aromatic N) is 1. The topological polar surface area (TPSA) is 66.5 Å². The Morgan fingerprint density at radius 2 is 1.83 bits per heavy atom. The van der Waals surface area contributed by atoms with Gasteiger partial charge in [-0.25, -0.2) is 12.8 Å². The lowest BCUT2D eigenvalue weighted by Gasteiger charge is -2.15. The predicted molar refractivity (Wildman–Crippen MR) is 112 cm³/mol. The molecule has 0 unspecified atom stereocenters. The maximum absolute atomic E-state index is 14.0. The first-order valence-corrected chi connectivity index (χ1v) is 11.7. The number of nitrogens with one attached hydrogen (secondary N) is 1. The van der Waals surface area contributed by atoms with Gasteiger partial charge >= 0.3 is 0 Å². The standard InChI is InChI=1S/C21H21FN2O3S2/c1-14-19-17(22)5-4-6-18(19)28-20(14)21(25)23-13-15-7-9-16(10-8-15)29(26,27)24-11-2-3-12-24/h4-10H,2-3,11-13H2,1H3,(H,23,25). The summed E-state index contributed by atoms with van der Waals surface area (Å²) in [5.74, 6) is -0.595. The van der Waals surface area contributed by atoms with Crippen molar-refractivity contribution in [2.75, 3.05) is 13.1 Å². The van der Waals surface area contributed by atoms with E-state index in [0.29, 0.717) is 28.9 Å². The molecule has 2 heterocycles. The van der Waals surface area contributed by atoms with E-state index in [0.717, 1.165) is 23.1 Å². The van der Waals surface area contributed by atoms with Crippen molar-refractivity contribution in [3.63, 3.8) is 0 Å². The highest BCUT2D eigenvalue weighted by Gasteiger charge is 2.27. The van der Waals surface area contributed by atoms with Crippen LogP contribution in [0.4, 0.5) is 4.39 Å². The molecule has 4 rings (SSSR count). The van der Waals surface area contributed by atoms with E-state index in [1.807, 2.05) is 0 Å². The van der Waals surface area contributed by atoms with Crippen LogP contribution in [0.1, 0.15) is 33.6 Å². The quantitative estimate of drug-likeness (QED) is 0.661. The number of carbonyl (C=O) groups excluding carboxylic acids is 1. The Morgan fingerprint density at radius 1 is 1.14 bits per heavy atom. The molecule has 0 bridgehead atoms. The zero-order valence-corrected chi connectivity index (χ0v) is 17.6. The lowest BCUT2D eigenvalue weighted by Crippen LogP contribution is -2.27. The lowest BCUT2D eigenvalue weighted by atomic mass is 10.1. The lowest BCUT2D eigenvalue weighted by molar-refractivity contribution is 0.0954. The third-order valence-electron chi connectivity index (χ3n) is 5.19. The molecule has 3 aromatic rings. The summed E-state index contributed by atoms with van der Waals surface area (Å²) in [6.07, 6.45) is 1.79. The van der Waals surface area contributed by atoms with Crippen LogP contribution in [0.2, 0.25) is 0 Å². The van der Waals surface area contributed by atoms with E-state index in [-0.39, 0.29) is 23.2 Å². The number of fused-ring (bicyclic) bond motifs is 1. The summed E-state index contributed by atoms with van der Waals surface area (Å²) in [5, 5.41) is 3.32. The summed E-state index contributed by atoms with van der Waals surface area (Å²) >= 11 is 1.26. The molecule has 8 heteroatoms. The summed E-state index contributed by atoms with van der Waals surface area (Å²) in [4.78, 5) is 13.3. The van der Waals surface area contributed by atoms with Gasteiger partial charge in [-0.3, -0.25) is 4.79 Å². The van der Waals surface area contributed by atoms with Gasteiger partial charge in [0.05, 0.1) is 9.77 Å². The van der Waals surface area contributed by atoms with Gasteiger partial charge in [-0.15, -0.1) is 11.3 Å². The van der Waals surface area contributed by atoms with Crippen molar-refractivity contribution in [1.82, 2.24) is 9.62 Å². The van der Waals surface area contributed by atoms with E-state index >= 15 is 0 Å². The largest absolute Gasteiger partial charge is 0.347 e. The highest BCUT2D eigenvalue weighted by molar-refractivity contribution is 7.89. The van der Waals surface area contributed by atoms with Crippen LogP contribution in [0.15, 0.2) is 47.4 Å². The van der Waals surface area contributed by atoms with Crippen LogP contribution < -0.4 is 5.32 Å². The third-order valence-corrected chi connectivity index (χ3v) is 8.36. The van der Waals surface area contributed by atoms with Crippen molar-refractivity contribution >= 4 is 37.4 Å². The number of aryl methyl sites for hydroxylation is 1. The zero-order valence-electron chi connectivity index (χ0n) is 15.9. The second-order valence-electron chi connectivity index (χ2n) is 7.11. The molecule has 1 amide bonds. The second kappa shape index (κ2) is 7.85. The molecule has 1 aliphatic rings. The number of halogens is 1. The highest BCUT2D eigenvalue weighted by Crippen LogP contribution is 2.32. The molecular formula is C21H21FN2O3S2. The Hall–Kier alpha value is -2.29.